The molecule has 2 heteroatoms. The molecule has 0 aliphatic rings. The molecule has 0 aromatic heterocycles. The van der Waals surface area contributed by atoms with Crippen LogP contribution in [0, 0.1) is 0 Å². The minimum Gasteiger partial charge on any atom is -0.374 e. The number of aliphatic hydroxyl groups is 1. The SMILES string of the molecule is O[C@H](c1ccccc1)N(Cc1ccccc1)Cc1ccccc1. The molecular weight excluding hydrogens is 282 g/mol. The number of rotatable bonds is 6. The lowest BCUT2D eigenvalue weighted by molar-refractivity contribution is -0.0106. The Morgan fingerprint density at radius 2 is 1.00 bits per heavy atom. The van der Waals surface area contributed by atoms with Crippen LogP contribution in [0.5, 0.6) is 0 Å². The molecule has 0 spiro atoms. The van der Waals surface area contributed by atoms with Crippen LogP contribution in [-0.2, 0) is 13.1 Å². The van der Waals surface area contributed by atoms with E-state index in [1.54, 1.807) is 0 Å². The fourth-order valence-electron chi connectivity index (χ4n) is 2.70. The Morgan fingerprint density at radius 1 is 0.609 bits per heavy atom. The molecule has 0 fully saturated rings. The lowest BCUT2D eigenvalue weighted by atomic mass is 10.1. The quantitative estimate of drug-likeness (QED) is 0.683. The maximum atomic E-state index is 10.8. The highest BCUT2D eigenvalue weighted by Crippen LogP contribution is 2.22. The van der Waals surface area contributed by atoms with Gasteiger partial charge in [0.15, 0.2) is 0 Å². The van der Waals surface area contributed by atoms with Crippen molar-refractivity contribution in [2.45, 2.75) is 19.3 Å². The van der Waals surface area contributed by atoms with Crippen molar-refractivity contribution >= 4 is 0 Å². The third-order valence-corrected chi connectivity index (χ3v) is 3.90. The van der Waals surface area contributed by atoms with E-state index in [1.165, 1.54) is 11.1 Å². The van der Waals surface area contributed by atoms with Crippen LogP contribution in [0.2, 0.25) is 0 Å². The van der Waals surface area contributed by atoms with Crippen molar-refractivity contribution in [3.63, 3.8) is 0 Å². The van der Waals surface area contributed by atoms with Gasteiger partial charge in [-0.05, 0) is 16.7 Å². The Morgan fingerprint density at radius 3 is 1.43 bits per heavy atom. The third kappa shape index (κ3) is 4.28. The number of aliphatic hydroxyl groups excluding tert-OH is 1. The van der Waals surface area contributed by atoms with Gasteiger partial charge in [0.1, 0.15) is 6.23 Å². The van der Waals surface area contributed by atoms with Crippen LogP contribution in [0.4, 0.5) is 0 Å². The zero-order chi connectivity index (χ0) is 15.9. The van der Waals surface area contributed by atoms with Gasteiger partial charge in [-0.1, -0.05) is 91.0 Å². The number of hydrogen-bond donors (Lipinski definition) is 1. The normalized spacial score (nSPS) is 12.3. The Labute approximate surface area is 137 Å². The summed E-state index contributed by atoms with van der Waals surface area (Å²) in [6.45, 7) is 1.40. The molecule has 0 heterocycles. The molecule has 3 rings (SSSR count). The minimum atomic E-state index is -0.628. The molecule has 1 atom stereocenters. The van der Waals surface area contributed by atoms with Gasteiger partial charge < -0.3 is 5.11 Å². The topological polar surface area (TPSA) is 23.5 Å². The van der Waals surface area contributed by atoms with Gasteiger partial charge in [-0.3, -0.25) is 4.90 Å². The fourth-order valence-corrected chi connectivity index (χ4v) is 2.70. The molecule has 3 aromatic rings. The highest BCUT2D eigenvalue weighted by molar-refractivity contribution is 5.20. The Hall–Kier alpha value is -2.42. The van der Waals surface area contributed by atoms with Crippen molar-refractivity contribution in [2.24, 2.45) is 0 Å². The number of nitrogens with zero attached hydrogens (tertiary/aromatic N) is 1. The predicted molar refractivity (Wildman–Crippen MR) is 93.5 cm³/mol. The molecule has 0 amide bonds. The van der Waals surface area contributed by atoms with Gasteiger partial charge in [0.2, 0.25) is 0 Å². The van der Waals surface area contributed by atoms with Crippen LogP contribution in [-0.4, -0.2) is 10.0 Å². The smallest absolute Gasteiger partial charge is 0.134 e. The first-order valence-electron chi connectivity index (χ1n) is 7.88. The van der Waals surface area contributed by atoms with Gasteiger partial charge in [-0.25, -0.2) is 0 Å². The maximum Gasteiger partial charge on any atom is 0.134 e. The highest BCUT2D eigenvalue weighted by atomic mass is 16.3. The van der Waals surface area contributed by atoms with Gasteiger partial charge in [0, 0.05) is 13.1 Å². The minimum absolute atomic E-state index is 0.628. The van der Waals surface area contributed by atoms with E-state index < -0.39 is 6.23 Å². The predicted octanol–water partition coefficient (Wildman–Crippen LogP) is 4.38. The molecule has 0 saturated carbocycles. The summed E-state index contributed by atoms with van der Waals surface area (Å²) in [4.78, 5) is 2.08. The Bertz CT molecular complexity index is 656. The third-order valence-electron chi connectivity index (χ3n) is 3.90. The first kappa shape index (κ1) is 15.5. The zero-order valence-corrected chi connectivity index (χ0v) is 13.0. The molecule has 23 heavy (non-hydrogen) atoms. The summed E-state index contributed by atoms with van der Waals surface area (Å²) in [5.41, 5.74) is 3.30. The molecule has 116 valence electrons. The van der Waals surface area contributed by atoms with E-state index in [4.69, 9.17) is 0 Å². The molecule has 2 nitrogen and oxygen atoms in total. The van der Waals surface area contributed by atoms with Gasteiger partial charge in [-0.2, -0.15) is 0 Å². The molecule has 0 unspecified atom stereocenters. The molecule has 1 N–H and O–H groups in total. The van der Waals surface area contributed by atoms with E-state index in [9.17, 15) is 5.11 Å². The van der Waals surface area contributed by atoms with Crippen LogP contribution in [0.25, 0.3) is 0 Å². The average molecular weight is 303 g/mol. The fraction of sp³-hybridized carbons (Fsp3) is 0.143. The first-order chi connectivity index (χ1) is 11.3. The van der Waals surface area contributed by atoms with Crippen molar-refractivity contribution in [3.8, 4) is 0 Å². The molecule has 0 aliphatic carbocycles. The van der Waals surface area contributed by atoms with E-state index in [1.807, 2.05) is 66.7 Å². The summed E-state index contributed by atoms with van der Waals surface area (Å²) in [7, 11) is 0. The monoisotopic (exact) mass is 303 g/mol. The van der Waals surface area contributed by atoms with E-state index in [-0.39, 0.29) is 0 Å². The van der Waals surface area contributed by atoms with Crippen molar-refractivity contribution < 1.29 is 5.11 Å². The van der Waals surface area contributed by atoms with Gasteiger partial charge >= 0.3 is 0 Å². The van der Waals surface area contributed by atoms with E-state index in [0.717, 1.165) is 5.56 Å². The summed E-state index contributed by atoms with van der Waals surface area (Å²) in [6.07, 6.45) is -0.628. The largest absolute Gasteiger partial charge is 0.374 e. The van der Waals surface area contributed by atoms with E-state index >= 15 is 0 Å². The van der Waals surface area contributed by atoms with Crippen molar-refractivity contribution in [1.82, 2.24) is 4.90 Å². The van der Waals surface area contributed by atoms with Gasteiger partial charge in [0.05, 0.1) is 0 Å². The second-order valence-electron chi connectivity index (χ2n) is 5.66. The van der Waals surface area contributed by atoms with Crippen molar-refractivity contribution in [2.75, 3.05) is 0 Å². The average Bonchev–Trinajstić information content (AvgIpc) is 2.63. The lowest BCUT2D eigenvalue weighted by Crippen LogP contribution is -2.28. The molecule has 0 saturated heterocycles. The Balaban J connectivity index is 1.83. The second kappa shape index (κ2) is 7.73. The van der Waals surface area contributed by atoms with Gasteiger partial charge in [-0.15, -0.1) is 0 Å². The van der Waals surface area contributed by atoms with Crippen molar-refractivity contribution in [3.05, 3.63) is 108 Å². The van der Waals surface area contributed by atoms with E-state index in [2.05, 4.69) is 29.2 Å². The van der Waals surface area contributed by atoms with E-state index in [0.29, 0.717) is 13.1 Å². The summed E-state index contributed by atoms with van der Waals surface area (Å²) in [5, 5.41) is 10.8. The van der Waals surface area contributed by atoms with Crippen LogP contribution in [0.3, 0.4) is 0 Å². The molecular formula is C21H21NO. The van der Waals surface area contributed by atoms with Crippen LogP contribution in [0.1, 0.15) is 22.9 Å². The molecule has 0 bridgehead atoms. The van der Waals surface area contributed by atoms with Crippen LogP contribution in [0.15, 0.2) is 91.0 Å². The second-order valence-corrected chi connectivity index (χ2v) is 5.66. The van der Waals surface area contributed by atoms with Gasteiger partial charge in [0.25, 0.3) is 0 Å². The zero-order valence-electron chi connectivity index (χ0n) is 13.0. The summed E-state index contributed by atoms with van der Waals surface area (Å²) >= 11 is 0. The molecule has 0 aliphatic heterocycles. The first-order valence-corrected chi connectivity index (χ1v) is 7.88. The lowest BCUT2D eigenvalue weighted by Gasteiger charge is -2.28. The molecule has 3 aromatic carbocycles. The molecule has 0 radical (unpaired) electrons. The summed E-state index contributed by atoms with van der Waals surface area (Å²) in [6, 6.07) is 30.3. The maximum absolute atomic E-state index is 10.8. The Kier molecular flexibility index (Phi) is 5.20. The summed E-state index contributed by atoms with van der Waals surface area (Å²) in [5.74, 6) is 0. The van der Waals surface area contributed by atoms with Crippen molar-refractivity contribution in [1.29, 1.82) is 0 Å². The summed E-state index contributed by atoms with van der Waals surface area (Å²) < 4.78 is 0. The van der Waals surface area contributed by atoms with Crippen LogP contribution >= 0.6 is 0 Å². The standard InChI is InChI=1S/C21H21NO/c23-21(20-14-8-3-9-15-20)22(16-18-10-4-1-5-11-18)17-19-12-6-2-7-13-19/h1-15,21,23H,16-17H2/t21-/m1/s1. The van der Waals surface area contributed by atoms with Crippen LogP contribution < -0.4 is 0 Å². The number of hydrogen-bond acceptors (Lipinski definition) is 2. The number of benzene rings is 3. The highest BCUT2D eigenvalue weighted by Gasteiger charge is 2.18.